The van der Waals surface area contributed by atoms with Crippen LogP contribution in [-0.2, 0) is 28.7 Å². The fourth-order valence-corrected chi connectivity index (χ4v) is 3.10. The van der Waals surface area contributed by atoms with Crippen LogP contribution in [0.4, 0.5) is 0 Å². The molecule has 0 saturated carbocycles. The van der Waals surface area contributed by atoms with Gasteiger partial charge in [0, 0.05) is 6.54 Å². The van der Waals surface area contributed by atoms with Crippen molar-refractivity contribution in [1.29, 1.82) is 0 Å². The van der Waals surface area contributed by atoms with Gasteiger partial charge in [0.2, 0.25) is 5.91 Å². The van der Waals surface area contributed by atoms with E-state index in [0.29, 0.717) is 25.8 Å². The molecule has 0 radical (unpaired) electrons. The molecule has 2 aliphatic heterocycles. The fourth-order valence-electron chi connectivity index (χ4n) is 3.10. The molecule has 10 heteroatoms. The molecule has 2 heterocycles. The molecule has 2 saturated heterocycles. The second-order valence-corrected chi connectivity index (χ2v) is 6.63. The third-order valence-electron chi connectivity index (χ3n) is 4.87. The predicted molar refractivity (Wildman–Crippen MR) is 96.2 cm³/mol. The molecular formula is C17H27N2NaO7. The van der Waals surface area contributed by atoms with E-state index >= 15 is 0 Å². The maximum atomic E-state index is 12.9. The molecule has 3 unspecified atom stereocenters. The molecule has 0 bridgehead atoms. The standard InChI is InChI=1S/C17H26N2O7.Na.H/c1-4-9(3)11(15(21)19-8-6-7-10(19)16(22)23)18-14(20)12-13(26-12)17(24)25-5-2;;/h9-13H,4-8H2,1-3H3,(H,18,20)(H,22,23);;/t9?,10-,11-,12?,13?;;/m0../s1. The van der Waals surface area contributed by atoms with Crippen LogP contribution in [0.1, 0.15) is 40.0 Å². The average molecular weight is 394 g/mol. The summed E-state index contributed by atoms with van der Waals surface area (Å²) >= 11 is 0. The summed E-state index contributed by atoms with van der Waals surface area (Å²) in [6.07, 6.45) is -0.280. The van der Waals surface area contributed by atoms with Gasteiger partial charge in [0.25, 0.3) is 5.91 Å². The number of likely N-dealkylation sites (tertiary alicyclic amines) is 1. The van der Waals surface area contributed by atoms with Crippen LogP contribution >= 0.6 is 0 Å². The van der Waals surface area contributed by atoms with Gasteiger partial charge in [0.15, 0.2) is 12.2 Å². The average Bonchev–Trinajstić information content (AvgIpc) is 3.26. The van der Waals surface area contributed by atoms with E-state index < -0.39 is 48.0 Å². The molecule has 27 heavy (non-hydrogen) atoms. The Morgan fingerprint density at radius 1 is 1.26 bits per heavy atom. The number of carboxylic acids is 1. The first-order valence-corrected chi connectivity index (χ1v) is 8.97. The minimum atomic E-state index is -1.04. The molecule has 5 atom stereocenters. The van der Waals surface area contributed by atoms with Crippen LogP contribution in [0.2, 0.25) is 0 Å². The molecule has 0 aliphatic carbocycles. The zero-order chi connectivity index (χ0) is 19.4. The number of nitrogens with zero attached hydrogens (tertiary/aromatic N) is 1. The van der Waals surface area contributed by atoms with E-state index in [2.05, 4.69) is 5.32 Å². The van der Waals surface area contributed by atoms with E-state index in [1.165, 1.54) is 4.90 Å². The van der Waals surface area contributed by atoms with Crippen LogP contribution in [0.5, 0.6) is 0 Å². The van der Waals surface area contributed by atoms with Crippen LogP contribution in [-0.4, -0.2) is 101 Å². The maximum absolute atomic E-state index is 12.9. The summed E-state index contributed by atoms with van der Waals surface area (Å²) in [6.45, 7) is 5.88. The SMILES string of the molecule is CCOC(=O)C1OC1C(=O)N[C@H](C(=O)N1CCC[C@H]1C(=O)O)C(C)CC.[NaH]. The summed E-state index contributed by atoms with van der Waals surface area (Å²) in [5.41, 5.74) is 0. The van der Waals surface area contributed by atoms with E-state index in [1.807, 2.05) is 13.8 Å². The normalized spacial score (nSPS) is 25.7. The van der Waals surface area contributed by atoms with E-state index in [9.17, 15) is 24.3 Å². The summed E-state index contributed by atoms with van der Waals surface area (Å²) in [6, 6.07) is -1.73. The molecule has 0 aromatic carbocycles. The van der Waals surface area contributed by atoms with Gasteiger partial charge in [0.05, 0.1) is 6.61 Å². The van der Waals surface area contributed by atoms with Crippen molar-refractivity contribution in [2.24, 2.45) is 5.92 Å². The number of amides is 2. The second-order valence-electron chi connectivity index (χ2n) is 6.63. The van der Waals surface area contributed by atoms with Crippen LogP contribution in [0, 0.1) is 5.92 Å². The van der Waals surface area contributed by atoms with E-state index in [0.717, 1.165) is 0 Å². The quantitative estimate of drug-likeness (QED) is 0.316. The third kappa shape index (κ3) is 5.66. The van der Waals surface area contributed by atoms with Crippen molar-refractivity contribution in [2.45, 2.75) is 64.3 Å². The first-order valence-electron chi connectivity index (χ1n) is 8.97. The molecule has 0 aromatic rings. The Bertz CT molecular complexity index is 586. The fraction of sp³-hybridized carbons (Fsp3) is 0.765. The number of hydrogen-bond acceptors (Lipinski definition) is 6. The zero-order valence-corrected chi connectivity index (χ0v) is 15.3. The molecule has 0 aromatic heterocycles. The second kappa shape index (κ2) is 10.4. The zero-order valence-electron chi connectivity index (χ0n) is 15.3. The summed E-state index contributed by atoms with van der Waals surface area (Å²) < 4.78 is 9.87. The summed E-state index contributed by atoms with van der Waals surface area (Å²) in [5.74, 6) is -2.82. The van der Waals surface area contributed by atoms with Gasteiger partial charge in [-0.25, -0.2) is 9.59 Å². The number of hydrogen-bond donors (Lipinski definition) is 2. The Labute approximate surface area is 180 Å². The summed E-state index contributed by atoms with van der Waals surface area (Å²) in [5, 5.41) is 11.9. The number of nitrogens with one attached hydrogen (secondary N) is 1. The van der Waals surface area contributed by atoms with Crippen LogP contribution in [0.3, 0.4) is 0 Å². The number of carbonyl (C=O) groups excluding carboxylic acids is 3. The van der Waals surface area contributed by atoms with Crippen molar-refractivity contribution in [3.8, 4) is 0 Å². The van der Waals surface area contributed by atoms with Gasteiger partial charge in [-0.3, -0.25) is 9.59 Å². The van der Waals surface area contributed by atoms with Crippen molar-refractivity contribution in [3.05, 3.63) is 0 Å². The summed E-state index contributed by atoms with van der Waals surface area (Å²) in [4.78, 5) is 49.5. The number of carboxylic acid groups (broad SMARTS) is 1. The molecule has 0 spiro atoms. The Morgan fingerprint density at radius 3 is 2.48 bits per heavy atom. The van der Waals surface area contributed by atoms with Gasteiger partial charge in [-0.2, -0.15) is 0 Å². The van der Waals surface area contributed by atoms with Crippen molar-refractivity contribution in [1.82, 2.24) is 10.2 Å². The monoisotopic (exact) mass is 394 g/mol. The molecule has 2 rings (SSSR count). The Morgan fingerprint density at radius 2 is 1.93 bits per heavy atom. The number of epoxide rings is 1. The van der Waals surface area contributed by atoms with E-state index in [4.69, 9.17) is 9.47 Å². The number of rotatable bonds is 8. The molecule has 2 fully saturated rings. The van der Waals surface area contributed by atoms with Crippen molar-refractivity contribution < 1.29 is 33.8 Å². The first-order chi connectivity index (χ1) is 12.3. The molecule has 2 amide bonds. The molecule has 2 N–H and O–H groups in total. The van der Waals surface area contributed by atoms with E-state index in [-0.39, 0.29) is 42.1 Å². The van der Waals surface area contributed by atoms with Crippen molar-refractivity contribution in [2.75, 3.05) is 13.2 Å². The first kappa shape index (κ1) is 23.9. The number of ether oxygens (including phenoxy) is 2. The van der Waals surface area contributed by atoms with Gasteiger partial charge in [-0.1, -0.05) is 20.3 Å². The Kier molecular flexibility index (Phi) is 9.20. The molecule has 9 nitrogen and oxygen atoms in total. The number of carbonyl (C=O) groups is 4. The van der Waals surface area contributed by atoms with Crippen LogP contribution in [0.25, 0.3) is 0 Å². The van der Waals surface area contributed by atoms with Crippen molar-refractivity contribution in [3.63, 3.8) is 0 Å². The molecule has 2 aliphatic rings. The Hall–Kier alpha value is -1.16. The Balaban J connectivity index is 0.00000364. The van der Waals surface area contributed by atoms with Gasteiger partial charge in [-0.15, -0.1) is 0 Å². The molecular weight excluding hydrogens is 367 g/mol. The van der Waals surface area contributed by atoms with E-state index in [1.54, 1.807) is 6.92 Å². The minimum absolute atomic E-state index is 0. The van der Waals surface area contributed by atoms with Gasteiger partial charge in [-0.05, 0) is 25.7 Å². The third-order valence-corrected chi connectivity index (χ3v) is 4.87. The van der Waals surface area contributed by atoms with Gasteiger partial charge < -0.3 is 24.8 Å². The van der Waals surface area contributed by atoms with Crippen LogP contribution in [0.15, 0.2) is 0 Å². The van der Waals surface area contributed by atoms with Crippen LogP contribution < -0.4 is 5.32 Å². The predicted octanol–water partition coefficient (Wildman–Crippen LogP) is -0.725. The van der Waals surface area contributed by atoms with Gasteiger partial charge in [0.1, 0.15) is 12.1 Å². The van der Waals surface area contributed by atoms with Gasteiger partial charge >= 0.3 is 41.5 Å². The van der Waals surface area contributed by atoms with Crippen molar-refractivity contribution >= 4 is 53.3 Å². The summed E-state index contributed by atoms with van der Waals surface area (Å²) in [7, 11) is 0. The molecule has 148 valence electrons. The topological polar surface area (TPSA) is 126 Å². The number of aliphatic carboxylic acids is 1. The number of esters is 1.